The van der Waals surface area contributed by atoms with Gasteiger partial charge in [0, 0.05) is 36.7 Å². The maximum Gasteiger partial charge on any atom is 0.248 e. The van der Waals surface area contributed by atoms with Crippen molar-refractivity contribution < 1.29 is 9.53 Å². The van der Waals surface area contributed by atoms with Crippen molar-refractivity contribution in [1.82, 2.24) is 0 Å². The Morgan fingerprint density at radius 2 is 1.62 bits per heavy atom. The van der Waals surface area contributed by atoms with Crippen LogP contribution in [0.1, 0.15) is 18.4 Å². The summed E-state index contributed by atoms with van der Waals surface area (Å²) < 4.78 is 5.36. The first-order chi connectivity index (χ1) is 11.8. The van der Waals surface area contributed by atoms with E-state index in [9.17, 15) is 4.79 Å². The number of hydrogen-bond donors (Lipinski definition) is 2. The predicted octanol–water partition coefficient (Wildman–Crippen LogP) is 3.93. The van der Waals surface area contributed by atoms with Gasteiger partial charge in [-0.2, -0.15) is 0 Å². The van der Waals surface area contributed by atoms with E-state index < -0.39 is 0 Å². The van der Waals surface area contributed by atoms with E-state index >= 15 is 0 Å². The Hall–Kier alpha value is -2.59. The lowest BCUT2D eigenvalue weighted by Gasteiger charge is -2.24. The lowest BCUT2D eigenvalue weighted by Crippen LogP contribution is -2.27. The minimum atomic E-state index is -0.135. The SMILES string of the molecule is O=C(C=Cc1ccccc1)Nc1ccc(NC2CCOCC2)cc1. The third-order valence-electron chi connectivity index (χ3n) is 3.97. The molecule has 1 aliphatic heterocycles. The first kappa shape index (κ1) is 16.3. The molecule has 1 amide bonds. The van der Waals surface area contributed by atoms with Crippen molar-refractivity contribution in [1.29, 1.82) is 0 Å². The number of carbonyl (C=O) groups excluding carboxylic acids is 1. The van der Waals surface area contributed by atoms with Crippen molar-refractivity contribution >= 4 is 23.4 Å². The fourth-order valence-corrected chi connectivity index (χ4v) is 2.65. The van der Waals surface area contributed by atoms with Gasteiger partial charge in [-0.05, 0) is 48.7 Å². The standard InChI is InChI=1S/C20H22N2O2/c23-20(11-6-16-4-2-1-3-5-16)22-18-9-7-17(8-10-18)21-19-12-14-24-15-13-19/h1-11,19,21H,12-15H2,(H,22,23). The summed E-state index contributed by atoms with van der Waals surface area (Å²) in [6.07, 6.45) is 5.41. The molecular weight excluding hydrogens is 300 g/mol. The van der Waals surface area contributed by atoms with Crippen LogP contribution in [0.15, 0.2) is 60.7 Å². The number of amides is 1. The van der Waals surface area contributed by atoms with Gasteiger partial charge in [0.2, 0.25) is 5.91 Å². The van der Waals surface area contributed by atoms with Crippen LogP contribution in [0.2, 0.25) is 0 Å². The van der Waals surface area contributed by atoms with E-state index in [1.807, 2.05) is 54.6 Å². The second-order valence-electron chi connectivity index (χ2n) is 5.84. The highest BCUT2D eigenvalue weighted by atomic mass is 16.5. The summed E-state index contributed by atoms with van der Waals surface area (Å²) in [5.41, 5.74) is 2.86. The van der Waals surface area contributed by atoms with Crippen LogP contribution in [-0.2, 0) is 9.53 Å². The van der Waals surface area contributed by atoms with Crippen LogP contribution in [0.3, 0.4) is 0 Å². The number of carbonyl (C=O) groups is 1. The Bertz CT molecular complexity index is 675. The highest BCUT2D eigenvalue weighted by Crippen LogP contribution is 2.18. The second kappa shape index (κ2) is 8.31. The quantitative estimate of drug-likeness (QED) is 0.820. The van der Waals surface area contributed by atoms with Crippen LogP contribution in [0.4, 0.5) is 11.4 Å². The van der Waals surface area contributed by atoms with E-state index in [1.54, 1.807) is 12.2 Å². The first-order valence-corrected chi connectivity index (χ1v) is 8.28. The van der Waals surface area contributed by atoms with Gasteiger partial charge in [-0.25, -0.2) is 0 Å². The molecule has 0 atom stereocenters. The van der Waals surface area contributed by atoms with Crippen LogP contribution < -0.4 is 10.6 Å². The Morgan fingerprint density at radius 1 is 0.958 bits per heavy atom. The molecule has 0 unspecified atom stereocenters. The summed E-state index contributed by atoms with van der Waals surface area (Å²) in [5.74, 6) is -0.135. The molecule has 1 heterocycles. The van der Waals surface area contributed by atoms with E-state index in [1.165, 1.54) is 0 Å². The molecule has 2 aromatic rings. The number of ether oxygens (including phenoxy) is 1. The van der Waals surface area contributed by atoms with Crippen LogP contribution in [0.5, 0.6) is 0 Å². The Kier molecular flexibility index (Phi) is 5.64. The number of hydrogen-bond acceptors (Lipinski definition) is 3. The fourth-order valence-electron chi connectivity index (χ4n) is 2.65. The lowest BCUT2D eigenvalue weighted by molar-refractivity contribution is -0.111. The van der Waals surface area contributed by atoms with Gasteiger partial charge in [0.1, 0.15) is 0 Å². The van der Waals surface area contributed by atoms with Gasteiger partial charge < -0.3 is 15.4 Å². The second-order valence-corrected chi connectivity index (χ2v) is 5.84. The van der Waals surface area contributed by atoms with Crippen LogP contribution in [0.25, 0.3) is 6.08 Å². The minimum absolute atomic E-state index is 0.135. The molecule has 2 N–H and O–H groups in total. The van der Waals surface area contributed by atoms with Crippen LogP contribution in [-0.4, -0.2) is 25.2 Å². The average Bonchev–Trinajstić information content (AvgIpc) is 2.63. The molecule has 0 aromatic heterocycles. The summed E-state index contributed by atoms with van der Waals surface area (Å²) in [6.45, 7) is 1.64. The van der Waals surface area contributed by atoms with Crippen molar-refractivity contribution in [2.45, 2.75) is 18.9 Å². The van der Waals surface area contributed by atoms with E-state index in [2.05, 4.69) is 10.6 Å². The largest absolute Gasteiger partial charge is 0.382 e. The molecule has 0 bridgehead atoms. The zero-order valence-corrected chi connectivity index (χ0v) is 13.6. The summed E-state index contributed by atoms with van der Waals surface area (Å²) in [5, 5.41) is 6.37. The van der Waals surface area contributed by atoms with Gasteiger partial charge in [-0.3, -0.25) is 4.79 Å². The molecule has 124 valence electrons. The molecule has 4 heteroatoms. The van der Waals surface area contributed by atoms with Gasteiger partial charge in [0.25, 0.3) is 0 Å². The normalized spacial score (nSPS) is 15.3. The molecule has 3 rings (SSSR count). The van der Waals surface area contributed by atoms with Crippen molar-refractivity contribution in [3.05, 3.63) is 66.2 Å². The average molecular weight is 322 g/mol. The predicted molar refractivity (Wildman–Crippen MR) is 98.0 cm³/mol. The smallest absolute Gasteiger partial charge is 0.248 e. The molecule has 0 aliphatic carbocycles. The molecule has 2 aromatic carbocycles. The van der Waals surface area contributed by atoms with E-state index in [-0.39, 0.29) is 5.91 Å². The number of benzene rings is 2. The van der Waals surface area contributed by atoms with Gasteiger partial charge in [0.05, 0.1) is 0 Å². The zero-order valence-electron chi connectivity index (χ0n) is 13.6. The van der Waals surface area contributed by atoms with Crippen LogP contribution in [0, 0.1) is 0 Å². The first-order valence-electron chi connectivity index (χ1n) is 8.28. The fraction of sp³-hybridized carbons (Fsp3) is 0.250. The van der Waals surface area contributed by atoms with Crippen molar-refractivity contribution in [2.75, 3.05) is 23.8 Å². The maximum atomic E-state index is 12.0. The Morgan fingerprint density at radius 3 is 2.33 bits per heavy atom. The summed E-state index contributed by atoms with van der Waals surface area (Å²) >= 11 is 0. The molecule has 24 heavy (non-hydrogen) atoms. The molecule has 1 aliphatic rings. The maximum absolute atomic E-state index is 12.0. The van der Waals surface area contributed by atoms with Gasteiger partial charge in [0.15, 0.2) is 0 Å². The van der Waals surface area contributed by atoms with Crippen molar-refractivity contribution in [3.8, 4) is 0 Å². The summed E-state index contributed by atoms with van der Waals surface area (Å²) in [6, 6.07) is 18.0. The molecule has 1 saturated heterocycles. The van der Waals surface area contributed by atoms with E-state index in [0.717, 1.165) is 43.0 Å². The minimum Gasteiger partial charge on any atom is -0.382 e. The highest BCUT2D eigenvalue weighted by Gasteiger charge is 2.13. The topological polar surface area (TPSA) is 50.4 Å². The summed E-state index contributed by atoms with van der Waals surface area (Å²) in [4.78, 5) is 12.0. The zero-order chi connectivity index (χ0) is 16.6. The number of nitrogens with one attached hydrogen (secondary N) is 2. The third kappa shape index (κ3) is 4.96. The lowest BCUT2D eigenvalue weighted by atomic mass is 10.1. The Balaban J connectivity index is 1.51. The van der Waals surface area contributed by atoms with Gasteiger partial charge >= 0.3 is 0 Å². The van der Waals surface area contributed by atoms with Gasteiger partial charge in [-0.1, -0.05) is 30.3 Å². The van der Waals surface area contributed by atoms with Crippen molar-refractivity contribution in [2.24, 2.45) is 0 Å². The van der Waals surface area contributed by atoms with E-state index in [0.29, 0.717) is 6.04 Å². The molecule has 1 fully saturated rings. The summed E-state index contributed by atoms with van der Waals surface area (Å²) in [7, 11) is 0. The highest BCUT2D eigenvalue weighted by molar-refractivity contribution is 6.01. The van der Waals surface area contributed by atoms with Crippen LogP contribution >= 0.6 is 0 Å². The molecular formula is C20H22N2O2. The molecule has 0 radical (unpaired) electrons. The molecule has 0 spiro atoms. The molecule has 4 nitrogen and oxygen atoms in total. The third-order valence-corrected chi connectivity index (χ3v) is 3.97. The monoisotopic (exact) mass is 322 g/mol. The molecule has 0 saturated carbocycles. The van der Waals surface area contributed by atoms with Gasteiger partial charge in [-0.15, -0.1) is 0 Å². The number of anilines is 2. The Labute approximate surface area is 142 Å². The van der Waals surface area contributed by atoms with Crippen molar-refractivity contribution in [3.63, 3.8) is 0 Å². The number of rotatable bonds is 5. The van der Waals surface area contributed by atoms with E-state index in [4.69, 9.17) is 4.74 Å².